The van der Waals surface area contributed by atoms with E-state index >= 15 is 0 Å². The van der Waals surface area contributed by atoms with Crippen molar-refractivity contribution >= 4 is 16.6 Å². The SMILES string of the molecule is Nc1ccc2ccn(CCc3cccnc3)c2c1. The quantitative estimate of drug-likeness (QED) is 0.712. The highest BCUT2D eigenvalue weighted by atomic mass is 14.9. The molecule has 3 heteroatoms. The Hall–Kier alpha value is -2.29. The van der Waals surface area contributed by atoms with Crippen LogP contribution in [0, 0.1) is 0 Å². The summed E-state index contributed by atoms with van der Waals surface area (Å²) in [5, 5.41) is 1.23. The number of benzene rings is 1. The van der Waals surface area contributed by atoms with Gasteiger partial charge in [-0.3, -0.25) is 4.98 Å². The number of rotatable bonds is 3. The second-order valence-electron chi connectivity index (χ2n) is 4.44. The molecule has 0 unspecified atom stereocenters. The van der Waals surface area contributed by atoms with E-state index < -0.39 is 0 Å². The van der Waals surface area contributed by atoms with Gasteiger partial charge in [-0.15, -0.1) is 0 Å². The van der Waals surface area contributed by atoms with Crippen LogP contribution < -0.4 is 5.73 Å². The molecule has 0 aliphatic carbocycles. The first kappa shape index (κ1) is 10.8. The first-order valence-electron chi connectivity index (χ1n) is 6.06. The number of nitrogens with zero attached hydrogens (tertiary/aromatic N) is 2. The molecule has 0 radical (unpaired) electrons. The number of nitrogens with two attached hydrogens (primary N) is 1. The van der Waals surface area contributed by atoms with Crippen molar-refractivity contribution in [2.75, 3.05) is 5.73 Å². The third-order valence-electron chi connectivity index (χ3n) is 3.16. The summed E-state index contributed by atoms with van der Waals surface area (Å²) in [5.41, 5.74) is 9.09. The van der Waals surface area contributed by atoms with Gasteiger partial charge in [0.05, 0.1) is 5.52 Å². The van der Waals surface area contributed by atoms with Gasteiger partial charge in [-0.25, -0.2) is 0 Å². The minimum absolute atomic E-state index is 0.809. The molecular weight excluding hydrogens is 222 g/mol. The number of anilines is 1. The lowest BCUT2D eigenvalue weighted by molar-refractivity contribution is 0.721. The number of hydrogen-bond acceptors (Lipinski definition) is 2. The molecule has 0 saturated carbocycles. The molecule has 0 saturated heterocycles. The van der Waals surface area contributed by atoms with Crippen molar-refractivity contribution in [1.82, 2.24) is 9.55 Å². The van der Waals surface area contributed by atoms with E-state index in [0.29, 0.717) is 0 Å². The van der Waals surface area contributed by atoms with E-state index in [0.717, 1.165) is 18.7 Å². The van der Waals surface area contributed by atoms with Crippen LogP contribution in [0.2, 0.25) is 0 Å². The lowest BCUT2D eigenvalue weighted by atomic mass is 10.2. The third kappa shape index (κ3) is 2.07. The molecule has 0 fully saturated rings. The Kier molecular flexibility index (Phi) is 2.73. The van der Waals surface area contributed by atoms with Crippen LogP contribution >= 0.6 is 0 Å². The van der Waals surface area contributed by atoms with Gasteiger partial charge in [0.15, 0.2) is 0 Å². The van der Waals surface area contributed by atoms with Gasteiger partial charge in [-0.05, 0) is 41.6 Å². The van der Waals surface area contributed by atoms with E-state index in [2.05, 4.69) is 33.9 Å². The summed E-state index contributed by atoms with van der Waals surface area (Å²) >= 11 is 0. The summed E-state index contributed by atoms with van der Waals surface area (Å²) in [4.78, 5) is 4.13. The Bertz CT molecular complexity index is 656. The van der Waals surface area contributed by atoms with Crippen molar-refractivity contribution in [2.24, 2.45) is 0 Å². The standard InChI is InChI=1S/C15H15N3/c16-14-4-3-13-6-9-18(15(13)10-14)8-5-12-2-1-7-17-11-12/h1-4,6-7,9-11H,5,8,16H2. The maximum absolute atomic E-state index is 5.84. The fourth-order valence-corrected chi connectivity index (χ4v) is 2.19. The van der Waals surface area contributed by atoms with E-state index in [1.165, 1.54) is 16.5 Å². The van der Waals surface area contributed by atoms with Crippen molar-refractivity contribution in [2.45, 2.75) is 13.0 Å². The highest BCUT2D eigenvalue weighted by Crippen LogP contribution is 2.19. The summed E-state index contributed by atoms with van der Waals surface area (Å²) in [7, 11) is 0. The Labute approximate surface area is 106 Å². The number of fused-ring (bicyclic) bond motifs is 1. The second kappa shape index (κ2) is 4.53. The van der Waals surface area contributed by atoms with Crippen LogP contribution in [0.15, 0.2) is 55.0 Å². The first-order chi connectivity index (χ1) is 8.83. The highest BCUT2D eigenvalue weighted by Gasteiger charge is 2.01. The van der Waals surface area contributed by atoms with Crippen LogP contribution in [0.25, 0.3) is 10.9 Å². The van der Waals surface area contributed by atoms with E-state index in [-0.39, 0.29) is 0 Å². The molecule has 18 heavy (non-hydrogen) atoms. The highest BCUT2D eigenvalue weighted by molar-refractivity contribution is 5.83. The Balaban J connectivity index is 1.85. The molecule has 2 N–H and O–H groups in total. The molecule has 0 atom stereocenters. The minimum atomic E-state index is 0.809. The molecular formula is C15H15N3. The number of pyridine rings is 1. The molecule has 3 nitrogen and oxygen atoms in total. The lowest BCUT2D eigenvalue weighted by Gasteiger charge is -2.06. The van der Waals surface area contributed by atoms with E-state index in [1.807, 2.05) is 24.4 Å². The summed E-state index contributed by atoms with van der Waals surface area (Å²) in [5.74, 6) is 0. The third-order valence-corrected chi connectivity index (χ3v) is 3.16. The molecule has 0 aliphatic rings. The predicted octanol–water partition coefficient (Wildman–Crippen LogP) is 2.86. The number of hydrogen-bond donors (Lipinski definition) is 1. The fourth-order valence-electron chi connectivity index (χ4n) is 2.19. The second-order valence-corrected chi connectivity index (χ2v) is 4.44. The van der Waals surface area contributed by atoms with Crippen molar-refractivity contribution in [3.63, 3.8) is 0 Å². The Morgan fingerprint density at radius 3 is 2.94 bits per heavy atom. The van der Waals surface area contributed by atoms with Crippen molar-refractivity contribution < 1.29 is 0 Å². The van der Waals surface area contributed by atoms with Crippen molar-refractivity contribution in [1.29, 1.82) is 0 Å². The fraction of sp³-hybridized carbons (Fsp3) is 0.133. The van der Waals surface area contributed by atoms with Crippen molar-refractivity contribution in [3.8, 4) is 0 Å². The molecule has 3 aromatic rings. The zero-order valence-electron chi connectivity index (χ0n) is 10.1. The summed E-state index contributed by atoms with van der Waals surface area (Å²) in [6, 6.07) is 12.2. The van der Waals surface area contributed by atoms with Gasteiger partial charge in [-0.1, -0.05) is 12.1 Å². The number of aryl methyl sites for hydroxylation is 2. The smallest absolute Gasteiger partial charge is 0.0501 e. The van der Waals surface area contributed by atoms with E-state index in [9.17, 15) is 0 Å². The van der Waals surface area contributed by atoms with Crippen LogP contribution in [-0.4, -0.2) is 9.55 Å². The molecule has 1 aromatic carbocycles. The zero-order chi connectivity index (χ0) is 12.4. The lowest BCUT2D eigenvalue weighted by Crippen LogP contribution is -2.00. The number of aromatic nitrogens is 2. The first-order valence-corrected chi connectivity index (χ1v) is 6.06. The van der Waals surface area contributed by atoms with Gasteiger partial charge in [0.25, 0.3) is 0 Å². The molecule has 0 aliphatic heterocycles. The topological polar surface area (TPSA) is 43.8 Å². The van der Waals surface area contributed by atoms with Crippen LogP contribution in [0.5, 0.6) is 0 Å². The van der Waals surface area contributed by atoms with Gasteiger partial charge >= 0.3 is 0 Å². The van der Waals surface area contributed by atoms with E-state index in [1.54, 1.807) is 6.20 Å². The molecule has 2 aromatic heterocycles. The molecule has 0 spiro atoms. The normalized spacial score (nSPS) is 10.9. The van der Waals surface area contributed by atoms with Crippen LogP contribution in [0.3, 0.4) is 0 Å². The van der Waals surface area contributed by atoms with E-state index in [4.69, 9.17) is 5.73 Å². The largest absolute Gasteiger partial charge is 0.399 e. The molecule has 0 bridgehead atoms. The zero-order valence-corrected chi connectivity index (χ0v) is 10.1. The molecule has 90 valence electrons. The average molecular weight is 237 g/mol. The number of nitrogen functional groups attached to an aromatic ring is 1. The van der Waals surface area contributed by atoms with Gasteiger partial charge in [0.1, 0.15) is 0 Å². The van der Waals surface area contributed by atoms with Crippen LogP contribution in [-0.2, 0) is 13.0 Å². The van der Waals surface area contributed by atoms with Gasteiger partial charge in [0, 0.05) is 30.8 Å². The predicted molar refractivity (Wildman–Crippen MR) is 74.3 cm³/mol. The molecule has 3 rings (SSSR count). The molecule has 2 heterocycles. The Morgan fingerprint density at radius 1 is 1.17 bits per heavy atom. The Morgan fingerprint density at radius 2 is 2.11 bits per heavy atom. The van der Waals surface area contributed by atoms with Gasteiger partial charge in [-0.2, -0.15) is 0 Å². The van der Waals surface area contributed by atoms with Crippen LogP contribution in [0.4, 0.5) is 5.69 Å². The summed E-state index contributed by atoms with van der Waals surface area (Å²) in [6.45, 7) is 0.943. The minimum Gasteiger partial charge on any atom is -0.399 e. The summed E-state index contributed by atoms with van der Waals surface area (Å²) in [6.07, 6.45) is 6.81. The average Bonchev–Trinajstić information content (AvgIpc) is 2.80. The van der Waals surface area contributed by atoms with Gasteiger partial charge < -0.3 is 10.3 Å². The maximum Gasteiger partial charge on any atom is 0.0501 e. The summed E-state index contributed by atoms with van der Waals surface area (Å²) < 4.78 is 2.23. The van der Waals surface area contributed by atoms with Crippen molar-refractivity contribution in [3.05, 3.63) is 60.6 Å². The monoisotopic (exact) mass is 237 g/mol. The van der Waals surface area contributed by atoms with Gasteiger partial charge in [0.2, 0.25) is 0 Å². The molecule has 0 amide bonds. The van der Waals surface area contributed by atoms with Crippen LogP contribution in [0.1, 0.15) is 5.56 Å². The maximum atomic E-state index is 5.84.